The van der Waals surface area contributed by atoms with Crippen molar-refractivity contribution in [3.63, 3.8) is 0 Å². The van der Waals surface area contributed by atoms with Crippen LogP contribution in [0.4, 0.5) is 0 Å². The summed E-state index contributed by atoms with van der Waals surface area (Å²) in [6.45, 7) is 12.3. The van der Waals surface area contributed by atoms with E-state index < -0.39 is 5.60 Å². The lowest BCUT2D eigenvalue weighted by molar-refractivity contribution is 0.0775. The summed E-state index contributed by atoms with van der Waals surface area (Å²) < 4.78 is 0. The minimum Gasteiger partial charge on any atom is -0.386 e. The Morgan fingerprint density at radius 3 is 2.46 bits per heavy atom. The van der Waals surface area contributed by atoms with Crippen molar-refractivity contribution in [3.05, 3.63) is 129 Å². The lowest BCUT2D eigenvalue weighted by atomic mass is 9.87. The fourth-order valence-corrected chi connectivity index (χ4v) is 4.54. The van der Waals surface area contributed by atoms with E-state index in [1.165, 1.54) is 27.8 Å². The van der Waals surface area contributed by atoms with E-state index in [4.69, 9.17) is 11.6 Å². The van der Waals surface area contributed by atoms with Gasteiger partial charge in [0.1, 0.15) is 0 Å². The highest BCUT2D eigenvalue weighted by atomic mass is 35.5. The number of benzene rings is 3. The van der Waals surface area contributed by atoms with Crippen molar-refractivity contribution in [1.82, 2.24) is 0 Å². The van der Waals surface area contributed by atoms with Crippen molar-refractivity contribution in [3.8, 4) is 0 Å². The van der Waals surface area contributed by atoms with Crippen LogP contribution in [0, 0.1) is 0 Å². The second-order valence-electron chi connectivity index (χ2n) is 9.76. The van der Waals surface area contributed by atoms with Crippen molar-refractivity contribution in [1.29, 1.82) is 0 Å². The first kappa shape index (κ1) is 26.7. The maximum absolute atomic E-state index is 10.5. The van der Waals surface area contributed by atoms with Gasteiger partial charge in [-0.05, 0) is 90.1 Å². The third kappa shape index (κ3) is 7.82. The Hall–Kier alpha value is -2.87. The molecule has 0 heterocycles. The zero-order valence-corrected chi connectivity index (χ0v) is 22.1. The van der Waals surface area contributed by atoms with Gasteiger partial charge in [0.15, 0.2) is 0 Å². The molecule has 35 heavy (non-hydrogen) atoms. The van der Waals surface area contributed by atoms with E-state index >= 15 is 0 Å². The van der Waals surface area contributed by atoms with Gasteiger partial charge in [0.25, 0.3) is 0 Å². The Balaban J connectivity index is 1.64. The van der Waals surface area contributed by atoms with E-state index in [1.54, 1.807) is 0 Å². The van der Waals surface area contributed by atoms with Crippen molar-refractivity contribution in [2.75, 3.05) is 0 Å². The second-order valence-corrected chi connectivity index (χ2v) is 10.2. The molecule has 0 fully saturated rings. The fraction of sp³-hybridized carbons (Fsp3) is 0.273. The van der Waals surface area contributed by atoms with Crippen LogP contribution in [-0.4, -0.2) is 5.11 Å². The van der Waals surface area contributed by atoms with Crippen LogP contribution in [0.2, 0.25) is 5.02 Å². The topological polar surface area (TPSA) is 20.2 Å². The highest BCUT2D eigenvalue weighted by Gasteiger charge is 2.19. The smallest absolute Gasteiger partial charge is 0.0843 e. The molecule has 3 aromatic rings. The van der Waals surface area contributed by atoms with Crippen molar-refractivity contribution in [2.45, 2.75) is 58.5 Å². The summed E-state index contributed by atoms with van der Waals surface area (Å²) in [7, 11) is 0. The lowest BCUT2D eigenvalue weighted by Crippen LogP contribution is -2.18. The van der Waals surface area contributed by atoms with E-state index in [0.717, 1.165) is 35.4 Å². The minimum absolute atomic E-state index is 0.415. The van der Waals surface area contributed by atoms with Crippen molar-refractivity contribution >= 4 is 23.8 Å². The Bertz CT molecular complexity index is 1210. The zero-order valence-electron chi connectivity index (χ0n) is 21.4. The van der Waals surface area contributed by atoms with Gasteiger partial charge in [-0.15, -0.1) is 0 Å². The van der Waals surface area contributed by atoms with Crippen LogP contribution in [0.3, 0.4) is 0 Å². The van der Waals surface area contributed by atoms with E-state index in [0.29, 0.717) is 5.92 Å². The first-order chi connectivity index (χ1) is 16.7. The molecule has 1 nitrogen and oxygen atoms in total. The molecule has 0 saturated carbocycles. The van der Waals surface area contributed by atoms with E-state index in [1.807, 2.05) is 44.2 Å². The molecule has 2 heteroatoms. The number of halogens is 1. The Morgan fingerprint density at radius 1 is 0.971 bits per heavy atom. The van der Waals surface area contributed by atoms with Crippen LogP contribution in [0.5, 0.6) is 0 Å². The molecule has 0 unspecified atom stereocenters. The van der Waals surface area contributed by atoms with Crippen LogP contribution < -0.4 is 0 Å². The largest absolute Gasteiger partial charge is 0.386 e. The SMILES string of the molecule is C=C(/C=C\c1ccc(Cl)cc1CC)/C=C/c1cccc([C@@H](C)CCc2ccccc2C(C)(C)O)c1. The molecular weight excluding hydrogens is 448 g/mol. The van der Waals surface area contributed by atoms with Crippen molar-refractivity contribution < 1.29 is 5.11 Å². The molecule has 0 aliphatic heterocycles. The van der Waals surface area contributed by atoms with Gasteiger partial charge in [0.2, 0.25) is 0 Å². The quantitative estimate of drug-likeness (QED) is 0.284. The molecule has 0 spiro atoms. The van der Waals surface area contributed by atoms with Gasteiger partial charge in [0, 0.05) is 5.02 Å². The standard InChI is InChI=1S/C33H37ClO/c1-6-27-23-31(34)21-20-28(27)18-15-24(2)14-17-26-10-9-12-30(22-26)25(3)16-19-29-11-7-8-13-32(29)33(4,5)35/h7-15,17-18,20-23,25,35H,2,6,16,19H2,1,3-5H3/b17-14+,18-15-/t25-/m0/s1. The summed E-state index contributed by atoms with van der Waals surface area (Å²) in [6, 6.07) is 22.9. The molecule has 0 bridgehead atoms. The third-order valence-electron chi connectivity index (χ3n) is 6.46. The van der Waals surface area contributed by atoms with Crippen LogP contribution in [0.15, 0.2) is 91.0 Å². The number of aryl methyl sites for hydroxylation is 2. The maximum Gasteiger partial charge on any atom is 0.0843 e. The van der Waals surface area contributed by atoms with Crippen LogP contribution in [0.1, 0.15) is 73.4 Å². The summed E-state index contributed by atoms with van der Waals surface area (Å²) in [6.07, 6.45) is 11.2. The third-order valence-corrected chi connectivity index (χ3v) is 6.69. The highest BCUT2D eigenvalue weighted by Crippen LogP contribution is 2.28. The van der Waals surface area contributed by atoms with Gasteiger partial charge in [-0.3, -0.25) is 0 Å². The Kier molecular flexibility index (Phi) is 9.32. The average Bonchev–Trinajstić information content (AvgIpc) is 2.85. The second kappa shape index (κ2) is 12.2. The molecule has 182 valence electrons. The molecule has 1 N–H and O–H groups in total. The Morgan fingerprint density at radius 2 is 1.71 bits per heavy atom. The maximum atomic E-state index is 10.5. The average molecular weight is 485 g/mol. The molecule has 0 amide bonds. The minimum atomic E-state index is -0.826. The van der Waals surface area contributed by atoms with E-state index in [9.17, 15) is 5.11 Å². The molecule has 3 aromatic carbocycles. The fourth-order valence-electron chi connectivity index (χ4n) is 4.34. The van der Waals surface area contributed by atoms with E-state index in [-0.39, 0.29) is 0 Å². The molecule has 0 saturated heterocycles. The van der Waals surface area contributed by atoms with Gasteiger partial charge in [0.05, 0.1) is 5.60 Å². The summed E-state index contributed by atoms with van der Waals surface area (Å²) >= 11 is 6.12. The van der Waals surface area contributed by atoms with Crippen LogP contribution in [0.25, 0.3) is 12.2 Å². The first-order valence-electron chi connectivity index (χ1n) is 12.4. The molecular formula is C33H37ClO. The number of hydrogen-bond donors (Lipinski definition) is 1. The number of rotatable bonds is 10. The molecule has 0 aliphatic rings. The lowest BCUT2D eigenvalue weighted by Gasteiger charge is -2.22. The summed E-state index contributed by atoms with van der Waals surface area (Å²) in [4.78, 5) is 0. The van der Waals surface area contributed by atoms with E-state index in [2.05, 4.69) is 81.1 Å². The van der Waals surface area contributed by atoms with Gasteiger partial charge in [-0.2, -0.15) is 0 Å². The molecule has 1 atom stereocenters. The van der Waals surface area contributed by atoms with Gasteiger partial charge in [-0.1, -0.05) is 111 Å². The van der Waals surface area contributed by atoms with Crippen LogP contribution >= 0.6 is 11.6 Å². The summed E-state index contributed by atoms with van der Waals surface area (Å²) in [5.74, 6) is 0.415. The van der Waals surface area contributed by atoms with Crippen molar-refractivity contribution in [2.24, 2.45) is 0 Å². The normalized spacial score (nSPS) is 13.0. The summed E-state index contributed by atoms with van der Waals surface area (Å²) in [5, 5.41) is 11.3. The first-order valence-corrected chi connectivity index (χ1v) is 12.8. The number of allylic oxidation sites excluding steroid dienone is 3. The summed E-state index contributed by atoms with van der Waals surface area (Å²) in [5.41, 5.74) is 7.25. The Labute approximate surface area is 216 Å². The number of aliphatic hydroxyl groups is 1. The van der Waals surface area contributed by atoms with Gasteiger partial charge < -0.3 is 5.11 Å². The monoisotopic (exact) mass is 484 g/mol. The molecule has 0 radical (unpaired) electrons. The predicted molar refractivity (Wildman–Crippen MR) is 153 cm³/mol. The van der Waals surface area contributed by atoms with Gasteiger partial charge >= 0.3 is 0 Å². The van der Waals surface area contributed by atoms with Crippen LogP contribution in [-0.2, 0) is 18.4 Å². The predicted octanol–water partition coefficient (Wildman–Crippen LogP) is 9.15. The zero-order chi connectivity index (χ0) is 25.4. The highest BCUT2D eigenvalue weighted by molar-refractivity contribution is 6.30. The van der Waals surface area contributed by atoms with Gasteiger partial charge in [-0.25, -0.2) is 0 Å². The molecule has 3 rings (SSSR count). The molecule has 0 aliphatic carbocycles. The number of hydrogen-bond acceptors (Lipinski definition) is 1. The molecule has 0 aromatic heterocycles.